The summed E-state index contributed by atoms with van der Waals surface area (Å²) in [6, 6.07) is 0.613. The number of fused-ring (bicyclic) bond motifs is 1. The van der Waals surface area contributed by atoms with Crippen LogP contribution < -0.4 is 10.5 Å². The fraction of sp³-hybridized carbons (Fsp3) is 0.538. The summed E-state index contributed by atoms with van der Waals surface area (Å²) in [5.41, 5.74) is 0.372. The van der Waals surface area contributed by atoms with Crippen LogP contribution in [0.2, 0.25) is 0 Å². The molecular weight excluding hydrogens is 374 g/mol. The summed E-state index contributed by atoms with van der Waals surface area (Å²) in [4.78, 5) is 25.3. The number of nitrogens with zero attached hydrogens (tertiary/aromatic N) is 1. The number of hydrogen-bond donors (Lipinski definition) is 3. The standard InChI is InChI=1S/C13H19N3O5S3/c1-3-7(15-13(18)19)5-16(2)9-6-22-12-8(11(9)17)4-10(23-12)24(14,20)21/h4,7,9,15H,3,5-6H2,1-2H3,(H,18,19)(H2,14,20,21)/t7-,9?/m0/s1. The molecule has 0 aliphatic carbocycles. The molecule has 1 aromatic heterocycles. The van der Waals surface area contributed by atoms with E-state index in [4.69, 9.17) is 10.2 Å². The zero-order chi connectivity index (χ0) is 18.1. The van der Waals surface area contributed by atoms with Gasteiger partial charge in [0.15, 0.2) is 5.78 Å². The fourth-order valence-electron chi connectivity index (χ4n) is 2.44. The third-order valence-corrected chi connectivity index (χ3v) is 7.68. The number of primary sulfonamides is 1. The molecule has 11 heteroatoms. The summed E-state index contributed by atoms with van der Waals surface area (Å²) in [5.74, 6) is 0.318. The second kappa shape index (κ2) is 7.40. The summed E-state index contributed by atoms with van der Waals surface area (Å²) >= 11 is 2.42. The van der Waals surface area contributed by atoms with Gasteiger partial charge < -0.3 is 10.4 Å². The lowest BCUT2D eigenvalue weighted by atomic mass is 10.1. The van der Waals surface area contributed by atoms with Gasteiger partial charge in [0.05, 0.1) is 10.3 Å². The normalized spacial score (nSPS) is 19.2. The molecule has 0 fully saturated rings. The Hall–Kier alpha value is -1.14. The molecule has 1 aliphatic heterocycles. The van der Waals surface area contributed by atoms with Crippen LogP contribution >= 0.6 is 23.1 Å². The third kappa shape index (κ3) is 4.28. The lowest BCUT2D eigenvalue weighted by Gasteiger charge is -2.31. The molecular formula is C13H19N3O5S3. The van der Waals surface area contributed by atoms with Crippen LogP contribution in [0.4, 0.5) is 4.79 Å². The summed E-state index contributed by atoms with van der Waals surface area (Å²) in [6.07, 6.45) is -0.498. The van der Waals surface area contributed by atoms with E-state index in [1.54, 1.807) is 11.9 Å². The molecule has 1 aromatic rings. The SMILES string of the molecule is CC[C@@H](CN(C)C1CSc2sc(S(N)(=O)=O)cc2C1=O)NC(=O)O. The molecule has 134 valence electrons. The van der Waals surface area contributed by atoms with Gasteiger partial charge in [-0.2, -0.15) is 0 Å². The number of carbonyl (C=O) groups excluding carboxylic acids is 1. The van der Waals surface area contributed by atoms with E-state index in [0.717, 1.165) is 11.3 Å². The molecule has 0 saturated carbocycles. The van der Waals surface area contributed by atoms with Gasteiger partial charge in [-0.25, -0.2) is 18.4 Å². The first kappa shape index (κ1) is 19.2. The molecule has 0 bridgehead atoms. The van der Waals surface area contributed by atoms with Crippen molar-refractivity contribution in [3.05, 3.63) is 11.6 Å². The topological polar surface area (TPSA) is 130 Å². The third-order valence-electron chi connectivity index (χ3n) is 3.76. The van der Waals surface area contributed by atoms with Gasteiger partial charge in [-0.1, -0.05) is 6.92 Å². The number of carbonyl (C=O) groups is 2. The maximum atomic E-state index is 12.7. The highest BCUT2D eigenvalue weighted by molar-refractivity contribution is 8.01. The number of amides is 1. The van der Waals surface area contributed by atoms with E-state index in [9.17, 15) is 18.0 Å². The van der Waals surface area contributed by atoms with E-state index in [2.05, 4.69) is 5.32 Å². The lowest BCUT2D eigenvalue weighted by Crippen LogP contribution is -2.49. The molecule has 2 atom stereocenters. The largest absolute Gasteiger partial charge is 0.465 e. The molecule has 1 amide bonds. The molecule has 0 spiro atoms. The maximum absolute atomic E-state index is 12.7. The molecule has 8 nitrogen and oxygen atoms in total. The van der Waals surface area contributed by atoms with Crippen molar-refractivity contribution in [1.82, 2.24) is 10.2 Å². The van der Waals surface area contributed by atoms with Crippen LogP contribution in [0, 0.1) is 0 Å². The number of thiophene rings is 1. The lowest BCUT2D eigenvalue weighted by molar-refractivity contribution is 0.0857. The summed E-state index contributed by atoms with van der Waals surface area (Å²) < 4.78 is 23.5. The van der Waals surface area contributed by atoms with Crippen LogP contribution in [0.3, 0.4) is 0 Å². The first-order chi connectivity index (χ1) is 11.1. The predicted molar refractivity (Wildman–Crippen MR) is 92.4 cm³/mol. The highest BCUT2D eigenvalue weighted by Crippen LogP contribution is 2.39. The summed E-state index contributed by atoms with van der Waals surface area (Å²) in [7, 11) is -2.07. The zero-order valence-electron chi connectivity index (χ0n) is 13.2. The minimum Gasteiger partial charge on any atom is -0.465 e. The molecule has 1 unspecified atom stereocenters. The van der Waals surface area contributed by atoms with Crippen LogP contribution in [-0.2, 0) is 10.0 Å². The molecule has 2 rings (SSSR count). The smallest absolute Gasteiger partial charge is 0.404 e. The van der Waals surface area contributed by atoms with Gasteiger partial charge >= 0.3 is 6.09 Å². The van der Waals surface area contributed by atoms with E-state index in [1.807, 2.05) is 6.92 Å². The summed E-state index contributed by atoms with van der Waals surface area (Å²) in [5, 5.41) is 16.4. The number of sulfonamides is 1. The van der Waals surface area contributed by atoms with Gasteiger partial charge in [-0.15, -0.1) is 23.1 Å². The number of rotatable bonds is 6. The Bertz CT molecular complexity index is 746. The maximum Gasteiger partial charge on any atom is 0.404 e. The molecule has 0 saturated heterocycles. The van der Waals surface area contributed by atoms with E-state index in [-0.39, 0.29) is 16.0 Å². The number of Topliss-reactive ketones (excluding diaryl/α,β-unsaturated/α-hetero) is 1. The Morgan fingerprint density at radius 1 is 1.58 bits per heavy atom. The summed E-state index contributed by atoms with van der Waals surface area (Å²) in [6.45, 7) is 2.25. The van der Waals surface area contributed by atoms with Crippen molar-refractivity contribution >= 4 is 45.0 Å². The Balaban J connectivity index is 2.15. The number of ketones is 1. The van der Waals surface area contributed by atoms with Gasteiger partial charge in [-0.05, 0) is 19.5 Å². The van der Waals surface area contributed by atoms with Crippen molar-refractivity contribution in [3.63, 3.8) is 0 Å². The Labute approximate surface area is 148 Å². The van der Waals surface area contributed by atoms with E-state index in [1.165, 1.54) is 17.8 Å². The molecule has 0 radical (unpaired) electrons. The fourth-order valence-corrected chi connectivity index (χ4v) is 5.96. The first-order valence-corrected chi connectivity index (χ1v) is 10.5. The average molecular weight is 394 g/mol. The Morgan fingerprint density at radius 3 is 2.79 bits per heavy atom. The minimum absolute atomic E-state index is 0.0179. The van der Waals surface area contributed by atoms with Crippen molar-refractivity contribution in [3.8, 4) is 0 Å². The van der Waals surface area contributed by atoms with Crippen molar-refractivity contribution in [2.24, 2.45) is 5.14 Å². The molecule has 1 aliphatic rings. The van der Waals surface area contributed by atoms with Gasteiger partial charge in [0.25, 0.3) is 0 Å². The predicted octanol–water partition coefficient (Wildman–Crippen LogP) is 1.03. The van der Waals surface area contributed by atoms with Gasteiger partial charge in [0, 0.05) is 23.9 Å². The monoisotopic (exact) mass is 393 g/mol. The van der Waals surface area contributed by atoms with Gasteiger partial charge in [0.2, 0.25) is 10.0 Å². The van der Waals surface area contributed by atoms with Gasteiger partial charge in [0.1, 0.15) is 4.21 Å². The number of carboxylic acid groups (broad SMARTS) is 1. The zero-order valence-corrected chi connectivity index (χ0v) is 15.6. The molecule has 2 heterocycles. The number of likely N-dealkylation sites (N-methyl/N-ethyl adjacent to an activating group) is 1. The minimum atomic E-state index is -3.83. The number of thioether (sulfide) groups is 1. The second-order valence-electron chi connectivity index (χ2n) is 5.50. The number of nitrogens with two attached hydrogens (primary N) is 1. The van der Waals surface area contributed by atoms with Crippen LogP contribution in [0.15, 0.2) is 14.5 Å². The number of hydrogen-bond acceptors (Lipinski definition) is 7. The number of nitrogens with one attached hydrogen (secondary N) is 1. The van der Waals surface area contributed by atoms with Gasteiger partial charge in [-0.3, -0.25) is 9.69 Å². The molecule has 4 N–H and O–H groups in total. The van der Waals surface area contributed by atoms with Crippen LogP contribution in [-0.4, -0.2) is 61.7 Å². The highest BCUT2D eigenvalue weighted by atomic mass is 32.3. The van der Waals surface area contributed by atoms with Crippen molar-refractivity contribution in [2.75, 3.05) is 19.3 Å². The van der Waals surface area contributed by atoms with Crippen molar-refractivity contribution in [1.29, 1.82) is 0 Å². The van der Waals surface area contributed by atoms with E-state index >= 15 is 0 Å². The van der Waals surface area contributed by atoms with Crippen molar-refractivity contribution < 1.29 is 23.1 Å². The quantitative estimate of drug-likeness (QED) is 0.658. The molecule has 0 aromatic carbocycles. The average Bonchev–Trinajstić information content (AvgIpc) is 2.91. The second-order valence-corrected chi connectivity index (χ2v) is 9.63. The van der Waals surface area contributed by atoms with E-state index in [0.29, 0.717) is 28.5 Å². The first-order valence-electron chi connectivity index (χ1n) is 7.16. The van der Waals surface area contributed by atoms with Crippen molar-refractivity contribution in [2.45, 2.75) is 33.8 Å². The van der Waals surface area contributed by atoms with Crippen LogP contribution in [0.25, 0.3) is 0 Å². The van der Waals surface area contributed by atoms with E-state index < -0.39 is 22.2 Å². The highest BCUT2D eigenvalue weighted by Gasteiger charge is 2.34. The Kier molecular flexibility index (Phi) is 5.91. The Morgan fingerprint density at radius 2 is 2.25 bits per heavy atom. The van der Waals surface area contributed by atoms with Crippen LogP contribution in [0.5, 0.6) is 0 Å². The molecule has 24 heavy (non-hydrogen) atoms. The van der Waals surface area contributed by atoms with Crippen LogP contribution in [0.1, 0.15) is 23.7 Å².